The molecule has 0 aliphatic heterocycles. The van der Waals surface area contributed by atoms with Gasteiger partial charge in [-0.05, 0) is 55.4 Å². The summed E-state index contributed by atoms with van der Waals surface area (Å²) in [6, 6.07) is 14.2. The van der Waals surface area contributed by atoms with E-state index < -0.39 is 6.10 Å². The molecule has 0 bridgehead atoms. The number of hydrogen-bond donors (Lipinski definition) is 3. The van der Waals surface area contributed by atoms with E-state index >= 15 is 0 Å². The van der Waals surface area contributed by atoms with Crippen molar-refractivity contribution < 1.29 is 14.6 Å². The van der Waals surface area contributed by atoms with E-state index in [9.17, 15) is 14.6 Å². The van der Waals surface area contributed by atoms with Gasteiger partial charge in [0.15, 0.2) is 0 Å². The molecule has 0 spiro atoms. The molecule has 2 aromatic carbocycles. The number of nitrogens with one attached hydrogen (secondary N) is 1. The molecule has 1 unspecified atom stereocenters. The zero-order valence-corrected chi connectivity index (χ0v) is 13.7. The first-order valence-corrected chi connectivity index (χ1v) is 8.58. The quantitative estimate of drug-likeness (QED) is 0.780. The van der Waals surface area contributed by atoms with Gasteiger partial charge < -0.3 is 15.5 Å². The van der Waals surface area contributed by atoms with Crippen molar-refractivity contribution in [3.05, 3.63) is 65.5 Å². The monoisotopic (exact) mass is 329 g/mol. The number of aliphatic hydroxyl groups is 1. The highest BCUT2D eigenvalue weighted by molar-refractivity contribution is 5.28. The maximum atomic E-state index is 13.7. The molecule has 3 rings (SSSR count). The Morgan fingerprint density at radius 1 is 1.00 bits per heavy atom. The van der Waals surface area contributed by atoms with Crippen molar-refractivity contribution in [2.24, 2.45) is 0 Å². The van der Waals surface area contributed by atoms with Gasteiger partial charge in [-0.15, -0.1) is 0 Å². The number of halogens is 1. The van der Waals surface area contributed by atoms with Crippen molar-refractivity contribution in [3.8, 4) is 5.75 Å². The molecule has 0 aromatic heterocycles. The minimum absolute atomic E-state index is 0.302. The Morgan fingerprint density at radius 2 is 1.67 bits per heavy atom. The lowest BCUT2D eigenvalue weighted by Crippen LogP contribution is -2.35. The molecular weight excluding hydrogens is 305 g/mol. The molecule has 128 valence electrons. The van der Waals surface area contributed by atoms with Crippen LogP contribution in [0, 0.1) is 5.82 Å². The number of benzene rings is 2. The number of phenols is 1. The molecule has 0 radical (unpaired) electrons. The smallest absolute Gasteiger partial charge is 0.129 e. The van der Waals surface area contributed by atoms with E-state index in [1.165, 1.54) is 11.6 Å². The molecule has 1 aliphatic carbocycles. The van der Waals surface area contributed by atoms with E-state index in [0.717, 1.165) is 25.7 Å². The molecule has 3 N–H and O–H groups in total. The molecule has 0 amide bonds. The number of phenolic OH excluding ortho intramolecular Hbond substituents is 1. The summed E-state index contributed by atoms with van der Waals surface area (Å²) in [5.41, 5.74) is 1.63. The van der Waals surface area contributed by atoms with E-state index in [2.05, 4.69) is 5.32 Å². The van der Waals surface area contributed by atoms with Gasteiger partial charge in [-0.3, -0.25) is 0 Å². The van der Waals surface area contributed by atoms with Gasteiger partial charge in [-0.1, -0.05) is 30.3 Å². The lowest BCUT2D eigenvalue weighted by molar-refractivity contribution is 0.160. The second kappa shape index (κ2) is 7.77. The fourth-order valence-corrected chi connectivity index (χ4v) is 3.51. The Morgan fingerprint density at radius 3 is 2.33 bits per heavy atom. The highest BCUT2D eigenvalue weighted by Crippen LogP contribution is 2.33. The van der Waals surface area contributed by atoms with Crippen LogP contribution < -0.4 is 5.32 Å². The van der Waals surface area contributed by atoms with Crippen LogP contribution in [0.3, 0.4) is 0 Å². The third kappa shape index (κ3) is 4.13. The van der Waals surface area contributed by atoms with Gasteiger partial charge in [0.2, 0.25) is 0 Å². The second-order valence-electron chi connectivity index (χ2n) is 6.59. The van der Waals surface area contributed by atoms with Crippen LogP contribution in [0.1, 0.15) is 48.8 Å². The first kappa shape index (κ1) is 16.9. The molecule has 4 heteroatoms. The van der Waals surface area contributed by atoms with E-state index in [-0.39, 0.29) is 5.82 Å². The van der Waals surface area contributed by atoms with Crippen LogP contribution in [0.15, 0.2) is 48.5 Å². The van der Waals surface area contributed by atoms with Crippen LogP contribution >= 0.6 is 0 Å². The Balaban J connectivity index is 1.47. The van der Waals surface area contributed by atoms with Gasteiger partial charge >= 0.3 is 0 Å². The number of aliphatic hydroxyl groups excluding tert-OH is 1. The summed E-state index contributed by atoms with van der Waals surface area (Å²) in [7, 11) is 0. The summed E-state index contributed by atoms with van der Waals surface area (Å²) < 4.78 is 13.7. The Kier molecular flexibility index (Phi) is 5.48. The summed E-state index contributed by atoms with van der Waals surface area (Å²) in [5.74, 6) is 0.471. The van der Waals surface area contributed by atoms with E-state index in [1.807, 2.05) is 12.1 Å². The predicted molar refractivity (Wildman–Crippen MR) is 92.5 cm³/mol. The van der Waals surface area contributed by atoms with Gasteiger partial charge in [0.05, 0.1) is 6.10 Å². The van der Waals surface area contributed by atoms with Gasteiger partial charge in [0.1, 0.15) is 11.6 Å². The normalized spacial score (nSPS) is 22.2. The summed E-state index contributed by atoms with van der Waals surface area (Å²) in [5, 5.41) is 22.9. The molecule has 1 fully saturated rings. The van der Waals surface area contributed by atoms with Crippen molar-refractivity contribution in [1.82, 2.24) is 5.32 Å². The van der Waals surface area contributed by atoms with Crippen molar-refractivity contribution in [2.45, 2.75) is 43.7 Å². The van der Waals surface area contributed by atoms with Crippen LogP contribution in [-0.2, 0) is 0 Å². The topological polar surface area (TPSA) is 52.5 Å². The zero-order valence-electron chi connectivity index (χ0n) is 13.7. The molecule has 1 atom stereocenters. The molecule has 3 nitrogen and oxygen atoms in total. The Hall–Kier alpha value is -1.91. The highest BCUT2D eigenvalue weighted by Gasteiger charge is 2.23. The SMILES string of the molecule is Oc1ccc(C2CCC(NCC(O)c3ccccc3F)CC2)cc1. The van der Waals surface area contributed by atoms with E-state index in [4.69, 9.17) is 0 Å². The molecule has 1 saturated carbocycles. The van der Waals surface area contributed by atoms with Crippen LogP contribution in [0.2, 0.25) is 0 Å². The van der Waals surface area contributed by atoms with Crippen molar-refractivity contribution in [2.75, 3.05) is 6.54 Å². The lowest BCUT2D eigenvalue weighted by Gasteiger charge is -2.30. The summed E-state index contributed by atoms with van der Waals surface area (Å²) >= 11 is 0. The van der Waals surface area contributed by atoms with Gasteiger partial charge in [0.25, 0.3) is 0 Å². The van der Waals surface area contributed by atoms with Crippen molar-refractivity contribution in [1.29, 1.82) is 0 Å². The number of rotatable bonds is 5. The van der Waals surface area contributed by atoms with Crippen LogP contribution in [0.4, 0.5) is 4.39 Å². The van der Waals surface area contributed by atoms with E-state index in [0.29, 0.717) is 29.8 Å². The van der Waals surface area contributed by atoms with Crippen molar-refractivity contribution >= 4 is 0 Å². The fraction of sp³-hybridized carbons (Fsp3) is 0.400. The molecule has 0 saturated heterocycles. The van der Waals surface area contributed by atoms with Crippen LogP contribution in [0.5, 0.6) is 5.75 Å². The maximum absolute atomic E-state index is 13.7. The molecule has 2 aromatic rings. The van der Waals surface area contributed by atoms with Gasteiger partial charge in [0, 0.05) is 18.2 Å². The first-order valence-electron chi connectivity index (χ1n) is 8.58. The summed E-state index contributed by atoms with van der Waals surface area (Å²) in [4.78, 5) is 0. The third-order valence-corrected chi connectivity index (χ3v) is 4.96. The fourth-order valence-electron chi connectivity index (χ4n) is 3.51. The molecular formula is C20H24FNO2. The van der Waals surface area contributed by atoms with Crippen molar-refractivity contribution in [3.63, 3.8) is 0 Å². The summed E-state index contributed by atoms with van der Waals surface area (Å²) in [6.07, 6.45) is 3.42. The van der Waals surface area contributed by atoms with E-state index in [1.54, 1.807) is 30.3 Å². The van der Waals surface area contributed by atoms with Gasteiger partial charge in [-0.2, -0.15) is 0 Å². The zero-order chi connectivity index (χ0) is 16.9. The van der Waals surface area contributed by atoms with Gasteiger partial charge in [-0.25, -0.2) is 4.39 Å². The Bertz CT molecular complexity index is 651. The average Bonchev–Trinajstić information content (AvgIpc) is 2.61. The highest BCUT2D eigenvalue weighted by atomic mass is 19.1. The number of aromatic hydroxyl groups is 1. The minimum atomic E-state index is -0.818. The standard InChI is InChI=1S/C20H24FNO2/c21-19-4-2-1-3-18(19)20(24)13-22-16-9-5-14(6-10-16)15-7-11-17(23)12-8-15/h1-4,7-8,11-12,14,16,20,22-24H,5-6,9-10,13H2. The number of hydrogen-bond acceptors (Lipinski definition) is 3. The second-order valence-corrected chi connectivity index (χ2v) is 6.59. The molecule has 24 heavy (non-hydrogen) atoms. The molecule has 1 aliphatic rings. The lowest BCUT2D eigenvalue weighted by atomic mass is 9.81. The summed E-state index contributed by atoms with van der Waals surface area (Å²) in [6.45, 7) is 0.371. The predicted octanol–water partition coefficient (Wildman–Crippen LogP) is 3.88. The third-order valence-electron chi connectivity index (χ3n) is 4.96. The van der Waals surface area contributed by atoms with Crippen LogP contribution in [-0.4, -0.2) is 22.8 Å². The minimum Gasteiger partial charge on any atom is -0.508 e. The molecule has 0 heterocycles. The average molecular weight is 329 g/mol. The largest absolute Gasteiger partial charge is 0.508 e. The maximum Gasteiger partial charge on any atom is 0.129 e. The Labute approximate surface area is 142 Å². The van der Waals surface area contributed by atoms with Crippen LogP contribution in [0.25, 0.3) is 0 Å². The first-order chi connectivity index (χ1) is 11.6.